The van der Waals surface area contributed by atoms with Gasteiger partial charge in [-0.3, -0.25) is 0 Å². The molecule has 0 fully saturated rings. The molecule has 0 aromatic rings. The Morgan fingerprint density at radius 1 is 0.762 bits per heavy atom. The fourth-order valence-electron chi connectivity index (χ4n) is 1.93. The number of nitrogens with two attached hydrogens (primary N) is 4. The molecule has 0 amide bonds. The summed E-state index contributed by atoms with van der Waals surface area (Å²) in [6, 6.07) is 0.156. The normalized spacial score (nSPS) is 15.1. The summed E-state index contributed by atoms with van der Waals surface area (Å²) < 4.78 is 11.9. The Labute approximate surface area is 135 Å². The first kappa shape index (κ1) is 21.6. The van der Waals surface area contributed by atoms with E-state index in [0.29, 0.717) is 13.2 Å². The van der Waals surface area contributed by atoms with Crippen molar-refractivity contribution in [1.82, 2.24) is 0 Å². The van der Waals surface area contributed by atoms with Crippen molar-refractivity contribution in [3.05, 3.63) is 0 Å². The molecular formula is C14H36N4O2Sn. The molecule has 0 bridgehead atoms. The molecule has 128 valence electrons. The maximum absolute atomic E-state index is 6.03. The first-order valence-electron chi connectivity index (χ1n) is 8.10. The van der Waals surface area contributed by atoms with Crippen LogP contribution in [-0.2, 0) is 6.15 Å². The molecule has 0 saturated heterocycles. The van der Waals surface area contributed by atoms with Crippen LogP contribution in [0.15, 0.2) is 0 Å². The van der Waals surface area contributed by atoms with E-state index in [4.69, 9.17) is 29.1 Å². The Morgan fingerprint density at radius 2 is 1.14 bits per heavy atom. The molecule has 0 saturated carbocycles. The SMILES string of the molecule is [CH3][Sn]([CH3])([O]C[C@@H](N)CCCCN)[O]C[C@@H](N)CCCCN. The van der Waals surface area contributed by atoms with Crippen molar-refractivity contribution in [2.45, 2.75) is 60.5 Å². The van der Waals surface area contributed by atoms with Gasteiger partial charge in [0.05, 0.1) is 0 Å². The van der Waals surface area contributed by atoms with Gasteiger partial charge in [-0.2, -0.15) is 0 Å². The van der Waals surface area contributed by atoms with Crippen molar-refractivity contribution in [2.24, 2.45) is 22.9 Å². The van der Waals surface area contributed by atoms with Gasteiger partial charge in [-0.05, 0) is 0 Å². The summed E-state index contributed by atoms with van der Waals surface area (Å²) in [5, 5.41) is 0. The van der Waals surface area contributed by atoms with Gasteiger partial charge in [-0.1, -0.05) is 0 Å². The number of rotatable bonds is 14. The molecule has 8 N–H and O–H groups in total. The van der Waals surface area contributed by atoms with Gasteiger partial charge in [0.15, 0.2) is 0 Å². The molecule has 21 heavy (non-hydrogen) atoms. The molecule has 0 rings (SSSR count). The molecule has 6 nitrogen and oxygen atoms in total. The zero-order valence-electron chi connectivity index (χ0n) is 13.9. The third-order valence-corrected chi connectivity index (χ3v) is 8.27. The Hall–Kier alpha value is 0.559. The van der Waals surface area contributed by atoms with Crippen LogP contribution in [0.5, 0.6) is 0 Å². The number of unbranched alkanes of at least 4 members (excludes halogenated alkanes) is 2. The number of hydrogen-bond acceptors (Lipinski definition) is 6. The van der Waals surface area contributed by atoms with Gasteiger partial charge in [0, 0.05) is 0 Å². The topological polar surface area (TPSA) is 123 Å². The standard InChI is InChI=1S/2C6H15N2O.2CH3.Sn/c2*7-4-2-1-3-6(8)5-9;;;/h2*6H,1-5,7-8H2;2*1H3;/q2*-1;;;+2/t2*6-;;;/m00.../s1. The summed E-state index contributed by atoms with van der Waals surface area (Å²) >= 11 is -2.89. The minimum atomic E-state index is -2.89. The van der Waals surface area contributed by atoms with Crippen molar-refractivity contribution in [1.29, 1.82) is 0 Å². The molecular weight excluding hydrogens is 375 g/mol. The Bertz CT molecular complexity index is 223. The summed E-state index contributed by atoms with van der Waals surface area (Å²) in [6.07, 6.45) is 6.08. The summed E-state index contributed by atoms with van der Waals surface area (Å²) in [4.78, 5) is 4.21. The molecule has 0 aromatic carbocycles. The van der Waals surface area contributed by atoms with Crippen LogP contribution in [-0.4, -0.2) is 57.6 Å². The van der Waals surface area contributed by atoms with Crippen LogP contribution in [0.25, 0.3) is 0 Å². The summed E-state index contributed by atoms with van der Waals surface area (Å²) in [5.74, 6) is 0. The third-order valence-electron chi connectivity index (χ3n) is 3.35. The van der Waals surface area contributed by atoms with E-state index in [1.54, 1.807) is 0 Å². The number of hydrogen-bond donors (Lipinski definition) is 4. The minimum absolute atomic E-state index is 0.0781. The average molecular weight is 411 g/mol. The van der Waals surface area contributed by atoms with Crippen LogP contribution in [0.2, 0.25) is 9.88 Å². The zero-order valence-corrected chi connectivity index (χ0v) is 16.7. The predicted molar refractivity (Wildman–Crippen MR) is 91.1 cm³/mol. The van der Waals surface area contributed by atoms with Crippen molar-refractivity contribution in [3.8, 4) is 0 Å². The van der Waals surface area contributed by atoms with Crippen molar-refractivity contribution in [2.75, 3.05) is 26.3 Å². The summed E-state index contributed by atoms with van der Waals surface area (Å²) in [7, 11) is 0. The Kier molecular flexibility index (Phi) is 13.4. The van der Waals surface area contributed by atoms with Crippen LogP contribution < -0.4 is 22.9 Å². The van der Waals surface area contributed by atoms with E-state index in [2.05, 4.69) is 9.88 Å². The van der Waals surface area contributed by atoms with Crippen molar-refractivity contribution in [3.63, 3.8) is 0 Å². The van der Waals surface area contributed by atoms with Crippen LogP contribution in [0, 0.1) is 0 Å². The van der Waals surface area contributed by atoms with E-state index >= 15 is 0 Å². The molecule has 0 spiro atoms. The molecule has 0 heterocycles. The quantitative estimate of drug-likeness (QED) is 0.246. The average Bonchev–Trinajstić information content (AvgIpc) is 2.44. The van der Waals surface area contributed by atoms with E-state index in [0.717, 1.165) is 51.6 Å². The van der Waals surface area contributed by atoms with E-state index in [-0.39, 0.29) is 12.1 Å². The van der Waals surface area contributed by atoms with Gasteiger partial charge >= 0.3 is 135 Å². The first-order valence-corrected chi connectivity index (χ1v) is 16.1. The Morgan fingerprint density at radius 3 is 1.48 bits per heavy atom. The Balaban J connectivity index is 3.76. The molecule has 0 radical (unpaired) electrons. The van der Waals surface area contributed by atoms with E-state index in [1.165, 1.54) is 0 Å². The first-order chi connectivity index (χ1) is 9.91. The summed E-state index contributed by atoms with van der Waals surface area (Å²) in [5.41, 5.74) is 23.0. The second-order valence-electron chi connectivity index (χ2n) is 6.11. The van der Waals surface area contributed by atoms with Gasteiger partial charge in [0.25, 0.3) is 0 Å². The fraction of sp³-hybridized carbons (Fsp3) is 1.00. The molecule has 0 aliphatic carbocycles. The van der Waals surface area contributed by atoms with Crippen molar-refractivity contribution < 1.29 is 6.15 Å². The molecule has 7 heteroatoms. The molecule has 0 aliphatic rings. The van der Waals surface area contributed by atoms with E-state index < -0.39 is 19.2 Å². The monoisotopic (exact) mass is 412 g/mol. The molecule has 0 aliphatic heterocycles. The molecule has 2 atom stereocenters. The zero-order chi connectivity index (χ0) is 16.1. The van der Waals surface area contributed by atoms with Gasteiger partial charge < -0.3 is 0 Å². The predicted octanol–water partition coefficient (Wildman–Crippen LogP) is 0.634. The van der Waals surface area contributed by atoms with Crippen LogP contribution in [0.4, 0.5) is 0 Å². The van der Waals surface area contributed by atoms with Gasteiger partial charge in [-0.15, -0.1) is 0 Å². The van der Waals surface area contributed by atoms with Crippen LogP contribution in [0.1, 0.15) is 38.5 Å². The maximum atomic E-state index is 6.03. The van der Waals surface area contributed by atoms with E-state index in [9.17, 15) is 0 Å². The second kappa shape index (κ2) is 13.0. The third kappa shape index (κ3) is 13.9. The fourth-order valence-corrected chi connectivity index (χ4v) is 5.68. The van der Waals surface area contributed by atoms with E-state index in [1.807, 2.05) is 0 Å². The van der Waals surface area contributed by atoms with Crippen LogP contribution in [0.3, 0.4) is 0 Å². The second-order valence-corrected chi connectivity index (χ2v) is 15.7. The van der Waals surface area contributed by atoms with Crippen molar-refractivity contribution >= 4 is 19.2 Å². The van der Waals surface area contributed by atoms with Gasteiger partial charge in [0.2, 0.25) is 0 Å². The summed E-state index contributed by atoms with van der Waals surface area (Å²) in [6.45, 7) is 2.61. The van der Waals surface area contributed by atoms with Gasteiger partial charge in [-0.25, -0.2) is 0 Å². The molecule has 0 unspecified atom stereocenters. The van der Waals surface area contributed by atoms with Crippen LogP contribution >= 0.6 is 0 Å². The molecule has 0 aromatic heterocycles. The van der Waals surface area contributed by atoms with Gasteiger partial charge in [0.1, 0.15) is 0 Å².